The van der Waals surface area contributed by atoms with Gasteiger partial charge in [0.05, 0.1) is 0 Å². The van der Waals surface area contributed by atoms with Crippen LogP contribution in [0, 0.1) is 0 Å². The third-order valence-corrected chi connectivity index (χ3v) is 2.94. The average Bonchev–Trinajstić information content (AvgIpc) is 2.46. The molecule has 0 bridgehead atoms. The maximum Gasteiger partial charge on any atom is 0.153 e. The number of aliphatic imine (C=N–C) groups is 1. The number of ether oxygens (including phenoxy) is 1. The third-order valence-electron chi connectivity index (χ3n) is 2.70. The summed E-state index contributed by atoms with van der Waals surface area (Å²) in [4.78, 5) is 4.56. The van der Waals surface area contributed by atoms with E-state index in [1.54, 1.807) is 0 Å². The van der Waals surface area contributed by atoms with Gasteiger partial charge in [-0.15, -0.1) is 0 Å². The molecule has 17 heavy (non-hydrogen) atoms. The number of rotatable bonds is 0. The lowest BCUT2D eigenvalue weighted by atomic mass is 10.1. The summed E-state index contributed by atoms with van der Waals surface area (Å²) in [6.07, 6.45) is 0. The molecular weight excluding hydrogens is 234 g/mol. The summed E-state index contributed by atoms with van der Waals surface area (Å²) < 4.78 is 5.85. The van der Waals surface area contributed by atoms with Crippen LogP contribution in [0.2, 0.25) is 5.02 Å². The topological polar surface area (TPSA) is 21.6 Å². The second-order valence-corrected chi connectivity index (χ2v) is 4.34. The van der Waals surface area contributed by atoms with Gasteiger partial charge in [0.25, 0.3) is 0 Å². The minimum absolute atomic E-state index is 0.688. The van der Waals surface area contributed by atoms with Gasteiger partial charge in [-0.05, 0) is 37.3 Å². The fourth-order valence-electron chi connectivity index (χ4n) is 1.87. The van der Waals surface area contributed by atoms with Crippen LogP contribution in [0.25, 0.3) is 0 Å². The molecule has 0 saturated heterocycles. The van der Waals surface area contributed by atoms with Gasteiger partial charge in [-0.3, -0.25) is 0 Å². The lowest BCUT2D eigenvalue weighted by Crippen LogP contribution is -1.95. The van der Waals surface area contributed by atoms with Crippen molar-refractivity contribution in [3.8, 4) is 11.5 Å². The monoisotopic (exact) mass is 243 g/mol. The summed E-state index contributed by atoms with van der Waals surface area (Å²) in [7, 11) is 0. The van der Waals surface area contributed by atoms with E-state index in [0.29, 0.717) is 5.02 Å². The molecule has 2 aromatic rings. The zero-order chi connectivity index (χ0) is 11.8. The smallest absolute Gasteiger partial charge is 0.153 e. The highest BCUT2D eigenvalue weighted by Gasteiger charge is 2.15. The Morgan fingerprint density at radius 2 is 1.88 bits per heavy atom. The van der Waals surface area contributed by atoms with Gasteiger partial charge < -0.3 is 4.74 Å². The third kappa shape index (κ3) is 1.81. The highest BCUT2D eigenvalue weighted by Crippen LogP contribution is 2.37. The van der Waals surface area contributed by atoms with Crippen molar-refractivity contribution in [1.82, 2.24) is 0 Å². The van der Waals surface area contributed by atoms with E-state index in [1.807, 2.05) is 49.4 Å². The van der Waals surface area contributed by atoms with Crippen LogP contribution in [0.4, 0.5) is 5.69 Å². The Labute approximate surface area is 105 Å². The first-order valence-electron chi connectivity index (χ1n) is 5.36. The second-order valence-electron chi connectivity index (χ2n) is 3.91. The molecule has 0 spiro atoms. The van der Waals surface area contributed by atoms with E-state index in [1.165, 1.54) is 0 Å². The molecular formula is C14H10ClNO. The van der Waals surface area contributed by atoms with Crippen LogP contribution < -0.4 is 4.74 Å². The van der Waals surface area contributed by atoms with Crippen molar-refractivity contribution in [1.29, 1.82) is 0 Å². The summed E-state index contributed by atoms with van der Waals surface area (Å²) in [5, 5.41) is 0.688. The first-order valence-corrected chi connectivity index (χ1v) is 5.74. The summed E-state index contributed by atoms with van der Waals surface area (Å²) >= 11 is 6.00. The maximum absolute atomic E-state index is 6.00. The van der Waals surface area contributed by atoms with Crippen LogP contribution in [0.5, 0.6) is 11.5 Å². The lowest BCUT2D eigenvalue weighted by molar-refractivity contribution is 0.485. The van der Waals surface area contributed by atoms with Gasteiger partial charge >= 0.3 is 0 Å². The Hall–Kier alpha value is -1.80. The number of fused-ring (bicyclic) bond motifs is 2. The molecule has 2 aromatic carbocycles. The number of para-hydroxylation sites is 2. The van der Waals surface area contributed by atoms with E-state index >= 15 is 0 Å². The Kier molecular flexibility index (Phi) is 2.37. The van der Waals surface area contributed by atoms with Gasteiger partial charge in [0.15, 0.2) is 5.75 Å². The summed E-state index contributed by atoms with van der Waals surface area (Å²) in [6, 6.07) is 13.3. The predicted octanol–water partition coefficient (Wildman–Crippen LogP) is 4.59. The van der Waals surface area contributed by atoms with E-state index in [9.17, 15) is 0 Å². The molecule has 0 fully saturated rings. The SMILES string of the molecule is CC1=Nc2ccccc2Oc2ccc(Cl)cc21. The molecule has 0 saturated carbocycles. The average molecular weight is 244 g/mol. The number of benzene rings is 2. The zero-order valence-electron chi connectivity index (χ0n) is 9.27. The van der Waals surface area contributed by atoms with Crippen molar-refractivity contribution in [2.45, 2.75) is 6.92 Å². The van der Waals surface area contributed by atoms with Gasteiger partial charge in [-0.2, -0.15) is 0 Å². The van der Waals surface area contributed by atoms with E-state index in [-0.39, 0.29) is 0 Å². The quantitative estimate of drug-likeness (QED) is 0.663. The molecule has 1 aliphatic heterocycles. The van der Waals surface area contributed by atoms with Crippen molar-refractivity contribution in [3.63, 3.8) is 0 Å². The Balaban J connectivity index is 2.24. The molecule has 0 aromatic heterocycles. The molecule has 0 N–H and O–H groups in total. The van der Waals surface area contributed by atoms with Gasteiger partial charge in [0.1, 0.15) is 11.4 Å². The van der Waals surface area contributed by atoms with Crippen molar-refractivity contribution in [2.24, 2.45) is 4.99 Å². The Bertz CT molecular complexity index is 619. The van der Waals surface area contributed by atoms with Crippen LogP contribution in [-0.4, -0.2) is 5.71 Å². The highest BCUT2D eigenvalue weighted by molar-refractivity contribution is 6.31. The molecule has 0 amide bonds. The number of nitrogens with zero attached hydrogens (tertiary/aromatic N) is 1. The van der Waals surface area contributed by atoms with Crippen molar-refractivity contribution >= 4 is 23.0 Å². The van der Waals surface area contributed by atoms with Crippen molar-refractivity contribution in [2.75, 3.05) is 0 Å². The fraction of sp³-hybridized carbons (Fsp3) is 0.0714. The zero-order valence-corrected chi connectivity index (χ0v) is 10.0. The second kappa shape index (κ2) is 3.90. The van der Waals surface area contributed by atoms with Gasteiger partial charge in [0, 0.05) is 16.3 Å². The maximum atomic E-state index is 6.00. The molecule has 1 aliphatic rings. The number of hydrogen-bond donors (Lipinski definition) is 0. The molecule has 0 radical (unpaired) electrons. The van der Waals surface area contributed by atoms with Gasteiger partial charge in [-0.25, -0.2) is 4.99 Å². The van der Waals surface area contributed by atoms with Crippen LogP contribution >= 0.6 is 11.6 Å². The summed E-state index contributed by atoms with van der Waals surface area (Å²) in [5.74, 6) is 1.56. The van der Waals surface area contributed by atoms with Crippen molar-refractivity contribution < 1.29 is 4.74 Å². The molecule has 3 heteroatoms. The lowest BCUT2D eigenvalue weighted by Gasteiger charge is -2.08. The molecule has 3 rings (SSSR count). The van der Waals surface area contributed by atoms with E-state index < -0.39 is 0 Å². The molecule has 1 heterocycles. The molecule has 84 valence electrons. The summed E-state index contributed by atoms with van der Waals surface area (Å²) in [5.41, 5.74) is 2.69. The van der Waals surface area contributed by atoms with Crippen LogP contribution in [0.3, 0.4) is 0 Å². The molecule has 0 atom stereocenters. The van der Waals surface area contributed by atoms with Crippen LogP contribution in [0.1, 0.15) is 12.5 Å². The summed E-state index contributed by atoms with van der Waals surface area (Å²) in [6.45, 7) is 1.96. The van der Waals surface area contributed by atoms with E-state index in [4.69, 9.17) is 16.3 Å². The van der Waals surface area contributed by atoms with Gasteiger partial charge in [-0.1, -0.05) is 23.7 Å². The van der Waals surface area contributed by atoms with E-state index in [0.717, 1.165) is 28.5 Å². The minimum Gasteiger partial charge on any atom is -0.454 e. The minimum atomic E-state index is 0.688. The highest BCUT2D eigenvalue weighted by atomic mass is 35.5. The molecule has 0 unspecified atom stereocenters. The van der Waals surface area contributed by atoms with Gasteiger partial charge in [0.2, 0.25) is 0 Å². The first kappa shape index (κ1) is 10.4. The van der Waals surface area contributed by atoms with Crippen LogP contribution in [-0.2, 0) is 0 Å². The number of halogens is 1. The Morgan fingerprint density at radius 3 is 2.76 bits per heavy atom. The van der Waals surface area contributed by atoms with Crippen LogP contribution in [0.15, 0.2) is 47.5 Å². The van der Waals surface area contributed by atoms with Crippen molar-refractivity contribution in [3.05, 3.63) is 53.1 Å². The number of hydrogen-bond acceptors (Lipinski definition) is 2. The van der Waals surface area contributed by atoms with E-state index in [2.05, 4.69) is 4.99 Å². The Morgan fingerprint density at radius 1 is 1.06 bits per heavy atom. The standard InChI is InChI=1S/C14H10ClNO/c1-9-11-8-10(15)6-7-13(11)17-14-5-3-2-4-12(14)16-9/h2-8H,1H3. The predicted molar refractivity (Wildman–Crippen MR) is 69.8 cm³/mol. The molecule has 2 nitrogen and oxygen atoms in total. The normalized spacial score (nSPS) is 12.9. The molecule has 0 aliphatic carbocycles. The largest absolute Gasteiger partial charge is 0.454 e. The fourth-order valence-corrected chi connectivity index (χ4v) is 2.04. The first-order chi connectivity index (χ1) is 8.24.